The second-order valence-electron chi connectivity index (χ2n) is 7.42. The average Bonchev–Trinajstić information content (AvgIpc) is 2.61. The highest BCUT2D eigenvalue weighted by Gasteiger charge is 2.20. The van der Waals surface area contributed by atoms with Gasteiger partial charge < -0.3 is 4.90 Å². The first-order chi connectivity index (χ1) is 11.4. The first kappa shape index (κ1) is 16.5. The lowest BCUT2D eigenvalue weighted by molar-refractivity contribution is 0.478. The molecule has 124 valence electrons. The Bertz CT molecular complexity index is 764. The van der Waals surface area contributed by atoms with Crippen molar-refractivity contribution in [2.75, 3.05) is 11.9 Å². The minimum Gasteiger partial charge on any atom is -0.348 e. The van der Waals surface area contributed by atoms with Crippen LogP contribution in [0, 0.1) is 5.41 Å². The molecule has 1 heterocycles. The molecule has 0 spiro atoms. The smallest absolute Gasteiger partial charge is 0.0702 e. The molecule has 0 N–H and O–H groups in total. The molecule has 1 aliphatic rings. The van der Waals surface area contributed by atoms with Crippen molar-refractivity contribution in [2.45, 2.75) is 33.6 Å². The van der Waals surface area contributed by atoms with E-state index in [0.717, 1.165) is 24.1 Å². The molecule has 1 aromatic heterocycles. The van der Waals surface area contributed by atoms with Crippen LogP contribution in [0.15, 0.2) is 72.1 Å². The Morgan fingerprint density at radius 3 is 2.42 bits per heavy atom. The summed E-state index contributed by atoms with van der Waals surface area (Å²) < 4.78 is 0. The van der Waals surface area contributed by atoms with Gasteiger partial charge in [-0.3, -0.25) is 4.98 Å². The fraction of sp³-hybridized carbons (Fsp3) is 0.318. The quantitative estimate of drug-likeness (QED) is 0.707. The van der Waals surface area contributed by atoms with Gasteiger partial charge in [0.15, 0.2) is 0 Å². The van der Waals surface area contributed by atoms with Gasteiger partial charge in [0.25, 0.3) is 0 Å². The van der Waals surface area contributed by atoms with Gasteiger partial charge in [0.05, 0.1) is 5.69 Å². The van der Waals surface area contributed by atoms with E-state index in [0.29, 0.717) is 0 Å². The molecule has 0 fully saturated rings. The van der Waals surface area contributed by atoms with Crippen LogP contribution in [0.1, 0.15) is 33.6 Å². The second-order valence-corrected chi connectivity index (χ2v) is 7.42. The Kier molecular flexibility index (Phi) is 4.57. The zero-order valence-electron chi connectivity index (χ0n) is 15.1. The molecule has 0 saturated carbocycles. The molecular formula is C22H26N2. The molecule has 0 bridgehead atoms. The second kappa shape index (κ2) is 6.64. The van der Waals surface area contributed by atoms with Gasteiger partial charge in [-0.15, -0.1) is 0 Å². The fourth-order valence-electron chi connectivity index (χ4n) is 3.10. The Hall–Kier alpha value is -2.35. The third kappa shape index (κ3) is 3.59. The average molecular weight is 318 g/mol. The number of anilines is 1. The van der Waals surface area contributed by atoms with E-state index in [9.17, 15) is 0 Å². The molecule has 0 saturated heterocycles. The summed E-state index contributed by atoms with van der Waals surface area (Å²) in [6.07, 6.45) is 8.65. The first-order valence-corrected chi connectivity index (χ1v) is 8.60. The van der Waals surface area contributed by atoms with Gasteiger partial charge in [-0.2, -0.15) is 0 Å². The largest absolute Gasteiger partial charge is 0.348 e. The lowest BCUT2D eigenvalue weighted by Crippen LogP contribution is -2.20. The Labute approximate surface area is 145 Å². The maximum atomic E-state index is 4.46. The molecule has 1 aliphatic carbocycles. The summed E-state index contributed by atoms with van der Waals surface area (Å²) in [4.78, 5) is 6.75. The van der Waals surface area contributed by atoms with Gasteiger partial charge in [-0.1, -0.05) is 50.6 Å². The molecule has 0 unspecified atom stereocenters. The molecule has 3 rings (SSSR count). The van der Waals surface area contributed by atoms with Crippen molar-refractivity contribution in [3.05, 3.63) is 72.1 Å². The van der Waals surface area contributed by atoms with Gasteiger partial charge in [0, 0.05) is 30.2 Å². The van der Waals surface area contributed by atoms with Crippen LogP contribution in [-0.2, 0) is 0 Å². The van der Waals surface area contributed by atoms with Crippen LogP contribution >= 0.6 is 0 Å². The van der Waals surface area contributed by atoms with Crippen LogP contribution in [0.2, 0.25) is 0 Å². The number of rotatable bonds is 3. The fourth-order valence-corrected chi connectivity index (χ4v) is 3.10. The minimum atomic E-state index is 0.263. The number of allylic oxidation sites excluding steroid dienone is 4. The number of pyridine rings is 1. The molecule has 0 atom stereocenters. The normalized spacial score (nSPS) is 14.8. The molecule has 0 amide bonds. The molecule has 24 heavy (non-hydrogen) atoms. The molecule has 0 radical (unpaired) electrons. The summed E-state index contributed by atoms with van der Waals surface area (Å²) in [5.41, 5.74) is 6.53. The summed E-state index contributed by atoms with van der Waals surface area (Å²) in [5.74, 6) is 0. The summed E-state index contributed by atoms with van der Waals surface area (Å²) in [7, 11) is 2.15. The highest BCUT2D eigenvalue weighted by molar-refractivity contribution is 5.66. The van der Waals surface area contributed by atoms with Crippen molar-refractivity contribution in [1.82, 2.24) is 4.98 Å². The van der Waals surface area contributed by atoms with E-state index < -0.39 is 0 Å². The zero-order chi connectivity index (χ0) is 17.2. The van der Waals surface area contributed by atoms with Crippen molar-refractivity contribution in [3.8, 4) is 11.3 Å². The number of nitrogens with zero attached hydrogens (tertiary/aromatic N) is 2. The van der Waals surface area contributed by atoms with Gasteiger partial charge in [-0.25, -0.2) is 0 Å². The Balaban J connectivity index is 1.85. The van der Waals surface area contributed by atoms with Crippen LogP contribution in [0.25, 0.3) is 11.3 Å². The van der Waals surface area contributed by atoms with E-state index in [4.69, 9.17) is 0 Å². The number of hydrogen-bond donors (Lipinski definition) is 0. The van der Waals surface area contributed by atoms with E-state index in [1.165, 1.54) is 17.0 Å². The van der Waals surface area contributed by atoms with Gasteiger partial charge >= 0.3 is 0 Å². The number of aromatic nitrogens is 1. The van der Waals surface area contributed by atoms with E-state index in [-0.39, 0.29) is 5.41 Å². The van der Waals surface area contributed by atoms with Gasteiger partial charge in [0.2, 0.25) is 0 Å². The summed E-state index contributed by atoms with van der Waals surface area (Å²) >= 11 is 0. The molecule has 2 heteroatoms. The number of benzene rings is 1. The molecule has 2 nitrogen and oxygen atoms in total. The predicted molar refractivity (Wildman–Crippen MR) is 103 cm³/mol. The van der Waals surface area contributed by atoms with Crippen LogP contribution in [0.4, 0.5) is 5.69 Å². The van der Waals surface area contributed by atoms with Crippen molar-refractivity contribution in [2.24, 2.45) is 5.41 Å². The van der Waals surface area contributed by atoms with E-state index in [1.54, 1.807) is 0 Å². The maximum Gasteiger partial charge on any atom is 0.0702 e. The van der Waals surface area contributed by atoms with Crippen LogP contribution in [-0.4, -0.2) is 12.0 Å². The SMILES string of the molecule is CN(C1=CC=C(C(C)(C)C)CC1)c1cccc(-c2ccccn2)c1. The molecular weight excluding hydrogens is 292 g/mol. The monoisotopic (exact) mass is 318 g/mol. The first-order valence-electron chi connectivity index (χ1n) is 8.60. The van der Waals surface area contributed by atoms with E-state index in [1.807, 2.05) is 18.3 Å². The highest BCUT2D eigenvalue weighted by atomic mass is 15.1. The molecule has 1 aromatic carbocycles. The summed E-state index contributed by atoms with van der Waals surface area (Å²) in [6.45, 7) is 6.87. The van der Waals surface area contributed by atoms with Crippen LogP contribution < -0.4 is 4.90 Å². The third-order valence-electron chi connectivity index (χ3n) is 4.72. The van der Waals surface area contributed by atoms with Gasteiger partial charge in [-0.05, 0) is 48.6 Å². The molecule has 2 aromatic rings. The summed E-state index contributed by atoms with van der Waals surface area (Å²) in [6, 6.07) is 14.6. The van der Waals surface area contributed by atoms with Crippen molar-refractivity contribution in [1.29, 1.82) is 0 Å². The van der Waals surface area contributed by atoms with Gasteiger partial charge in [0.1, 0.15) is 0 Å². The molecule has 0 aliphatic heterocycles. The lowest BCUT2D eigenvalue weighted by Gasteiger charge is -2.30. The lowest BCUT2D eigenvalue weighted by atomic mass is 9.81. The summed E-state index contributed by atoms with van der Waals surface area (Å²) in [5, 5.41) is 0. The van der Waals surface area contributed by atoms with E-state index >= 15 is 0 Å². The van der Waals surface area contributed by atoms with Crippen LogP contribution in [0.3, 0.4) is 0 Å². The minimum absolute atomic E-state index is 0.263. The van der Waals surface area contributed by atoms with Crippen LogP contribution in [0.5, 0.6) is 0 Å². The topological polar surface area (TPSA) is 16.1 Å². The number of hydrogen-bond acceptors (Lipinski definition) is 2. The maximum absolute atomic E-state index is 4.46. The van der Waals surface area contributed by atoms with Crippen molar-refractivity contribution >= 4 is 5.69 Å². The van der Waals surface area contributed by atoms with Crippen molar-refractivity contribution in [3.63, 3.8) is 0 Å². The predicted octanol–water partition coefficient (Wildman–Crippen LogP) is 5.84. The Morgan fingerprint density at radius 1 is 0.958 bits per heavy atom. The highest BCUT2D eigenvalue weighted by Crippen LogP contribution is 2.35. The Morgan fingerprint density at radius 2 is 1.79 bits per heavy atom. The zero-order valence-corrected chi connectivity index (χ0v) is 15.1. The van der Waals surface area contributed by atoms with Crippen molar-refractivity contribution < 1.29 is 0 Å². The van der Waals surface area contributed by atoms with E-state index in [2.05, 4.69) is 80.2 Å². The third-order valence-corrected chi connectivity index (χ3v) is 4.72. The standard InChI is InChI=1S/C22H26N2/c1-22(2,3)18-11-13-19(14-12-18)24(4)20-9-7-8-17(16-20)21-10-5-6-15-23-21/h5-11,13,15-16H,12,14H2,1-4H3.